The summed E-state index contributed by atoms with van der Waals surface area (Å²) in [5.41, 5.74) is 1.01. The molecule has 8 nitrogen and oxygen atoms in total. The molecule has 1 heterocycles. The van der Waals surface area contributed by atoms with E-state index in [1.54, 1.807) is 43.5 Å². The van der Waals surface area contributed by atoms with Crippen LogP contribution >= 0.6 is 0 Å². The molecule has 0 unspecified atom stereocenters. The monoisotopic (exact) mass is 446 g/mol. The lowest BCUT2D eigenvalue weighted by molar-refractivity contribution is -0.143. The lowest BCUT2D eigenvalue weighted by Gasteiger charge is -2.28. The van der Waals surface area contributed by atoms with Gasteiger partial charge in [-0.2, -0.15) is 0 Å². The predicted molar refractivity (Wildman–Crippen MR) is 121 cm³/mol. The molecule has 0 aliphatic heterocycles. The van der Waals surface area contributed by atoms with Gasteiger partial charge in [-0.25, -0.2) is 0 Å². The summed E-state index contributed by atoms with van der Waals surface area (Å²) in [7, 11) is 4.76. The van der Waals surface area contributed by atoms with Gasteiger partial charge in [-0.1, -0.05) is 19.9 Å². The first kappa shape index (κ1) is 25.3. The molecule has 8 heteroatoms. The van der Waals surface area contributed by atoms with E-state index in [9.17, 15) is 9.59 Å². The van der Waals surface area contributed by atoms with Gasteiger partial charge in [0.05, 0.1) is 40.2 Å². The summed E-state index contributed by atoms with van der Waals surface area (Å²) in [5.74, 6) is 1.55. The summed E-state index contributed by atoms with van der Waals surface area (Å²) in [6.45, 7) is 5.16. The van der Waals surface area contributed by atoms with Crippen LogP contribution in [-0.2, 0) is 27.3 Å². The van der Waals surface area contributed by atoms with E-state index in [2.05, 4.69) is 0 Å². The van der Waals surface area contributed by atoms with Gasteiger partial charge in [0, 0.05) is 26.1 Å². The molecular weight excluding hydrogens is 412 g/mol. The van der Waals surface area contributed by atoms with Gasteiger partial charge in [-0.15, -0.1) is 0 Å². The quantitative estimate of drug-likeness (QED) is 0.471. The first-order valence-corrected chi connectivity index (χ1v) is 10.7. The second kappa shape index (κ2) is 12.8. The molecule has 0 spiro atoms. The van der Waals surface area contributed by atoms with Gasteiger partial charge in [0.25, 0.3) is 0 Å². The van der Waals surface area contributed by atoms with E-state index in [1.807, 2.05) is 38.1 Å². The highest BCUT2D eigenvalue weighted by Crippen LogP contribution is 2.27. The molecule has 0 atom stereocenters. The zero-order valence-electron chi connectivity index (χ0n) is 19.6. The third kappa shape index (κ3) is 7.30. The second-order valence-electron chi connectivity index (χ2n) is 7.74. The molecule has 32 heavy (non-hydrogen) atoms. The van der Waals surface area contributed by atoms with Crippen molar-refractivity contribution in [3.8, 4) is 11.5 Å². The Hall–Kier alpha value is -3.00. The zero-order valence-corrected chi connectivity index (χ0v) is 19.6. The molecule has 0 saturated carbocycles. The highest BCUT2D eigenvalue weighted by atomic mass is 16.5. The SMILES string of the molecule is COCCN(CC(=O)N(CCc1ccc(OC)c(OC)c1)Cc1ccco1)C(=O)C(C)C. The largest absolute Gasteiger partial charge is 0.493 e. The van der Waals surface area contributed by atoms with Gasteiger partial charge in [0.15, 0.2) is 11.5 Å². The fourth-order valence-electron chi connectivity index (χ4n) is 3.28. The minimum absolute atomic E-state index is 0.00693. The maximum absolute atomic E-state index is 13.2. The number of carbonyl (C=O) groups excluding carboxylic acids is 2. The maximum Gasteiger partial charge on any atom is 0.242 e. The van der Waals surface area contributed by atoms with Crippen molar-refractivity contribution in [3.63, 3.8) is 0 Å². The normalized spacial score (nSPS) is 10.8. The number of nitrogens with zero attached hydrogens (tertiary/aromatic N) is 2. The van der Waals surface area contributed by atoms with Crippen LogP contribution in [0, 0.1) is 5.92 Å². The highest BCUT2D eigenvalue weighted by Gasteiger charge is 2.23. The Labute approximate surface area is 190 Å². The minimum atomic E-state index is -0.204. The maximum atomic E-state index is 13.2. The summed E-state index contributed by atoms with van der Waals surface area (Å²) >= 11 is 0. The van der Waals surface area contributed by atoms with Gasteiger partial charge in [-0.3, -0.25) is 9.59 Å². The standard InChI is InChI=1S/C24H34N2O6/c1-18(2)24(28)26(12-14-29-3)17-23(27)25(16-20-7-6-13-32-20)11-10-19-8-9-21(30-4)22(15-19)31-5/h6-9,13,15,18H,10-12,14,16-17H2,1-5H3. The van der Waals surface area contributed by atoms with E-state index in [-0.39, 0.29) is 24.3 Å². The van der Waals surface area contributed by atoms with E-state index in [1.165, 1.54) is 0 Å². The van der Waals surface area contributed by atoms with Crippen molar-refractivity contribution in [2.24, 2.45) is 5.92 Å². The summed E-state index contributed by atoms with van der Waals surface area (Å²) in [6, 6.07) is 9.32. The van der Waals surface area contributed by atoms with Crippen LogP contribution in [0.5, 0.6) is 11.5 Å². The van der Waals surface area contributed by atoms with Crippen molar-refractivity contribution in [1.82, 2.24) is 9.80 Å². The predicted octanol–water partition coefficient (Wildman–Crippen LogP) is 3.00. The van der Waals surface area contributed by atoms with Crippen LogP contribution < -0.4 is 9.47 Å². The number of benzene rings is 1. The first-order valence-electron chi connectivity index (χ1n) is 10.7. The molecule has 2 aromatic rings. The van der Waals surface area contributed by atoms with Crippen molar-refractivity contribution >= 4 is 11.8 Å². The molecular formula is C24H34N2O6. The lowest BCUT2D eigenvalue weighted by Crippen LogP contribution is -2.45. The second-order valence-corrected chi connectivity index (χ2v) is 7.74. The molecule has 0 saturated heterocycles. The number of amides is 2. The Morgan fingerprint density at radius 3 is 2.34 bits per heavy atom. The van der Waals surface area contributed by atoms with Crippen molar-refractivity contribution < 1.29 is 28.2 Å². The van der Waals surface area contributed by atoms with Crippen molar-refractivity contribution in [1.29, 1.82) is 0 Å². The number of furan rings is 1. The van der Waals surface area contributed by atoms with Gasteiger partial charge >= 0.3 is 0 Å². The average molecular weight is 447 g/mol. The van der Waals surface area contributed by atoms with E-state index in [4.69, 9.17) is 18.6 Å². The highest BCUT2D eigenvalue weighted by molar-refractivity contribution is 5.85. The van der Waals surface area contributed by atoms with E-state index in [0.29, 0.717) is 49.9 Å². The first-order chi connectivity index (χ1) is 15.4. The third-order valence-electron chi connectivity index (χ3n) is 5.09. The van der Waals surface area contributed by atoms with Gasteiger partial charge < -0.3 is 28.4 Å². The van der Waals surface area contributed by atoms with Crippen LogP contribution in [0.4, 0.5) is 0 Å². The third-order valence-corrected chi connectivity index (χ3v) is 5.09. The van der Waals surface area contributed by atoms with Gasteiger partial charge in [0.2, 0.25) is 11.8 Å². The fourth-order valence-corrected chi connectivity index (χ4v) is 3.28. The number of ether oxygens (including phenoxy) is 3. The number of hydrogen-bond acceptors (Lipinski definition) is 6. The molecule has 0 bridgehead atoms. The van der Waals surface area contributed by atoms with Crippen LogP contribution in [0.1, 0.15) is 25.2 Å². The molecule has 0 N–H and O–H groups in total. The molecule has 2 amide bonds. The Kier molecular flexibility index (Phi) is 10.1. The molecule has 0 aliphatic carbocycles. The summed E-state index contributed by atoms with van der Waals surface area (Å²) in [4.78, 5) is 29.1. The molecule has 0 radical (unpaired) electrons. The molecule has 1 aromatic carbocycles. The van der Waals surface area contributed by atoms with E-state index < -0.39 is 0 Å². The smallest absolute Gasteiger partial charge is 0.242 e. The summed E-state index contributed by atoms with van der Waals surface area (Å²) < 4.78 is 21.2. The van der Waals surface area contributed by atoms with Crippen molar-refractivity contribution in [3.05, 3.63) is 47.9 Å². The Bertz CT molecular complexity index is 850. The topological polar surface area (TPSA) is 81.5 Å². The van der Waals surface area contributed by atoms with Crippen molar-refractivity contribution in [2.75, 3.05) is 47.6 Å². The van der Waals surface area contributed by atoms with Gasteiger partial charge in [-0.05, 0) is 36.2 Å². The lowest BCUT2D eigenvalue weighted by atomic mass is 10.1. The van der Waals surface area contributed by atoms with Crippen LogP contribution in [0.25, 0.3) is 0 Å². The Morgan fingerprint density at radius 1 is 1.00 bits per heavy atom. The average Bonchev–Trinajstić information content (AvgIpc) is 3.31. The van der Waals surface area contributed by atoms with E-state index >= 15 is 0 Å². The number of rotatable bonds is 13. The number of hydrogen-bond donors (Lipinski definition) is 0. The molecule has 0 fully saturated rings. The van der Waals surface area contributed by atoms with Crippen molar-refractivity contribution in [2.45, 2.75) is 26.8 Å². The Morgan fingerprint density at radius 2 is 1.75 bits per heavy atom. The fraction of sp³-hybridized carbons (Fsp3) is 0.500. The summed E-state index contributed by atoms with van der Waals surface area (Å²) in [6.07, 6.45) is 2.20. The summed E-state index contributed by atoms with van der Waals surface area (Å²) in [5, 5.41) is 0. The minimum Gasteiger partial charge on any atom is -0.493 e. The Balaban J connectivity index is 2.14. The number of methoxy groups -OCH3 is 3. The molecule has 176 valence electrons. The molecule has 0 aliphatic rings. The number of carbonyl (C=O) groups is 2. The zero-order chi connectivity index (χ0) is 23.5. The van der Waals surface area contributed by atoms with Crippen LogP contribution in [0.15, 0.2) is 41.0 Å². The molecule has 1 aromatic heterocycles. The molecule has 2 rings (SSSR count). The van der Waals surface area contributed by atoms with Crippen LogP contribution in [0.3, 0.4) is 0 Å². The van der Waals surface area contributed by atoms with Crippen LogP contribution in [-0.4, -0.2) is 69.2 Å². The van der Waals surface area contributed by atoms with E-state index in [0.717, 1.165) is 5.56 Å². The van der Waals surface area contributed by atoms with Gasteiger partial charge in [0.1, 0.15) is 5.76 Å². The van der Waals surface area contributed by atoms with Crippen LogP contribution in [0.2, 0.25) is 0 Å².